The largest absolute Gasteiger partial charge is 0.496 e. The first-order valence-corrected chi connectivity index (χ1v) is 12.2. The number of carboxylic acid groups (broad SMARTS) is 2. The van der Waals surface area contributed by atoms with Gasteiger partial charge in [0.15, 0.2) is 5.78 Å². The number of allylic oxidation sites excluding steroid dienone is 2. The Morgan fingerprint density at radius 1 is 1.05 bits per heavy atom. The number of aliphatic hydroxyl groups excluding tert-OH is 1. The molecular formula is C24H29N3O11S. The summed E-state index contributed by atoms with van der Waals surface area (Å²) in [5.41, 5.74) is -0.468. The SMILES string of the molecule is COc1cc(C(C)O)c(OC)c2c1C(=O)C(N[C@@H](CCC(=O)N[C@@H](CS)C(=O)NCC(=O)O)C(=O)O)=CC2=O. The zero-order chi connectivity index (χ0) is 29.4. The highest BCUT2D eigenvalue weighted by molar-refractivity contribution is 7.80. The second kappa shape index (κ2) is 13.6. The van der Waals surface area contributed by atoms with Gasteiger partial charge in [0.05, 0.1) is 37.1 Å². The van der Waals surface area contributed by atoms with Crippen molar-refractivity contribution >= 4 is 47.9 Å². The number of carbonyl (C=O) groups excluding carboxylic acids is 4. The summed E-state index contributed by atoms with van der Waals surface area (Å²) in [4.78, 5) is 73.1. The topological polar surface area (TPSA) is 218 Å². The molecule has 0 bridgehead atoms. The van der Waals surface area contributed by atoms with E-state index in [4.69, 9.17) is 14.6 Å². The number of benzene rings is 1. The molecule has 15 heteroatoms. The van der Waals surface area contributed by atoms with E-state index >= 15 is 0 Å². The zero-order valence-corrected chi connectivity index (χ0v) is 22.2. The summed E-state index contributed by atoms with van der Waals surface area (Å²) < 4.78 is 10.6. The van der Waals surface area contributed by atoms with E-state index in [-0.39, 0.29) is 46.1 Å². The number of amides is 2. The number of ketones is 2. The quantitative estimate of drug-likeness (QED) is 0.141. The van der Waals surface area contributed by atoms with Crippen LogP contribution in [-0.2, 0) is 19.2 Å². The third-order valence-electron chi connectivity index (χ3n) is 5.68. The van der Waals surface area contributed by atoms with Gasteiger partial charge in [0, 0.05) is 23.8 Å². The molecule has 3 atom stereocenters. The molecule has 0 heterocycles. The highest BCUT2D eigenvalue weighted by Gasteiger charge is 2.36. The summed E-state index contributed by atoms with van der Waals surface area (Å²) >= 11 is 3.95. The fourth-order valence-corrected chi connectivity index (χ4v) is 4.05. The van der Waals surface area contributed by atoms with Crippen molar-refractivity contribution in [3.8, 4) is 11.5 Å². The van der Waals surface area contributed by atoms with Gasteiger partial charge in [0.2, 0.25) is 17.6 Å². The maximum atomic E-state index is 13.3. The van der Waals surface area contributed by atoms with E-state index in [0.717, 1.165) is 6.08 Å². The van der Waals surface area contributed by atoms with Crippen molar-refractivity contribution in [2.75, 3.05) is 26.5 Å². The van der Waals surface area contributed by atoms with E-state index in [1.54, 1.807) is 0 Å². The van der Waals surface area contributed by atoms with Gasteiger partial charge >= 0.3 is 11.9 Å². The summed E-state index contributed by atoms with van der Waals surface area (Å²) in [7, 11) is 2.53. The van der Waals surface area contributed by atoms with Crippen LogP contribution < -0.4 is 25.4 Å². The molecule has 39 heavy (non-hydrogen) atoms. The van der Waals surface area contributed by atoms with Crippen molar-refractivity contribution in [3.63, 3.8) is 0 Å². The average Bonchev–Trinajstić information content (AvgIpc) is 2.89. The molecule has 0 radical (unpaired) electrons. The molecule has 0 saturated carbocycles. The number of methoxy groups -OCH3 is 2. The Labute approximate surface area is 228 Å². The average molecular weight is 568 g/mol. The molecule has 0 saturated heterocycles. The van der Waals surface area contributed by atoms with Crippen molar-refractivity contribution in [1.29, 1.82) is 0 Å². The van der Waals surface area contributed by atoms with Crippen molar-refractivity contribution in [1.82, 2.24) is 16.0 Å². The number of aliphatic carboxylic acids is 2. The number of aliphatic hydroxyl groups is 1. The van der Waals surface area contributed by atoms with Crippen LogP contribution in [0.15, 0.2) is 17.8 Å². The first-order valence-electron chi connectivity index (χ1n) is 11.5. The molecule has 1 aromatic rings. The summed E-state index contributed by atoms with van der Waals surface area (Å²) in [6.45, 7) is 0.780. The molecule has 1 unspecified atom stereocenters. The van der Waals surface area contributed by atoms with Crippen molar-refractivity contribution in [3.05, 3.63) is 34.5 Å². The van der Waals surface area contributed by atoms with E-state index in [1.807, 2.05) is 0 Å². The van der Waals surface area contributed by atoms with E-state index < -0.39 is 66.5 Å². The molecule has 2 amide bonds. The van der Waals surface area contributed by atoms with Gasteiger partial charge < -0.3 is 40.7 Å². The Morgan fingerprint density at radius 2 is 1.72 bits per heavy atom. The van der Waals surface area contributed by atoms with Crippen LogP contribution in [0, 0.1) is 0 Å². The number of carbonyl (C=O) groups is 6. The van der Waals surface area contributed by atoms with E-state index in [1.165, 1.54) is 27.2 Å². The minimum Gasteiger partial charge on any atom is -0.496 e. The van der Waals surface area contributed by atoms with E-state index in [0.29, 0.717) is 0 Å². The Morgan fingerprint density at radius 3 is 2.23 bits per heavy atom. The number of fused-ring (bicyclic) bond motifs is 1. The number of hydrogen-bond acceptors (Lipinski definition) is 11. The van der Waals surface area contributed by atoms with Gasteiger partial charge in [0.25, 0.3) is 0 Å². The molecule has 2 rings (SSSR count). The van der Waals surface area contributed by atoms with Gasteiger partial charge in [-0.15, -0.1) is 0 Å². The molecule has 14 nitrogen and oxygen atoms in total. The minimum absolute atomic E-state index is 0.0213. The van der Waals surface area contributed by atoms with Crippen molar-refractivity contribution < 1.29 is 53.6 Å². The van der Waals surface area contributed by atoms with Gasteiger partial charge in [-0.1, -0.05) is 0 Å². The Bertz CT molecular complexity index is 1210. The first kappa shape index (κ1) is 31.1. The molecule has 6 N–H and O–H groups in total. The van der Waals surface area contributed by atoms with Crippen LogP contribution in [0.3, 0.4) is 0 Å². The summed E-state index contributed by atoms with van der Waals surface area (Å²) in [6, 6.07) is -1.30. The van der Waals surface area contributed by atoms with Gasteiger partial charge in [0.1, 0.15) is 30.1 Å². The van der Waals surface area contributed by atoms with Gasteiger partial charge in [-0.05, 0) is 19.4 Å². The maximum absolute atomic E-state index is 13.3. The molecule has 0 spiro atoms. The van der Waals surface area contributed by atoms with Crippen LogP contribution in [-0.4, -0.2) is 89.2 Å². The highest BCUT2D eigenvalue weighted by atomic mass is 32.1. The number of carboxylic acids is 2. The van der Waals surface area contributed by atoms with Crippen molar-refractivity contribution in [2.24, 2.45) is 0 Å². The summed E-state index contributed by atoms with van der Waals surface area (Å²) in [5.74, 6) is -5.88. The van der Waals surface area contributed by atoms with Crippen molar-refractivity contribution in [2.45, 2.75) is 38.0 Å². The molecule has 0 aromatic heterocycles. The molecular weight excluding hydrogens is 538 g/mol. The van der Waals surface area contributed by atoms with Crippen LogP contribution >= 0.6 is 12.6 Å². The minimum atomic E-state index is -1.49. The lowest BCUT2D eigenvalue weighted by Gasteiger charge is -2.25. The van der Waals surface area contributed by atoms with Crippen LogP contribution in [0.25, 0.3) is 0 Å². The second-order valence-electron chi connectivity index (χ2n) is 8.37. The maximum Gasteiger partial charge on any atom is 0.326 e. The Kier molecular flexibility index (Phi) is 10.9. The van der Waals surface area contributed by atoms with E-state index in [2.05, 4.69) is 28.6 Å². The van der Waals surface area contributed by atoms with Crippen LogP contribution in [0.2, 0.25) is 0 Å². The smallest absolute Gasteiger partial charge is 0.326 e. The number of Topliss-reactive ketones (excluding diaryl/α,β-unsaturated/α-hetero) is 1. The first-order chi connectivity index (χ1) is 18.4. The normalized spacial score (nSPS) is 14.7. The van der Waals surface area contributed by atoms with Gasteiger partial charge in [-0.2, -0.15) is 12.6 Å². The summed E-state index contributed by atoms with van der Waals surface area (Å²) in [6.07, 6.45) is -0.900. The lowest BCUT2D eigenvalue weighted by molar-refractivity contribution is -0.139. The molecule has 212 valence electrons. The van der Waals surface area contributed by atoms with Crippen LogP contribution in [0.1, 0.15) is 52.1 Å². The fourth-order valence-electron chi connectivity index (χ4n) is 3.79. The molecule has 1 aliphatic rings. The Balaban J connectivity index is 2.21. The molecule has 0 fully saturated rings. The lowest BCUT2D eigenvalue weighted by atomic mass is 9.87. The van der Waals surface area contributed by atoms with Crippen LogP contribution in [0.4, 0.5) is 0 Å². The second-order valence-corrected chi connectivity index (χ2v) is 8.73. The fraction of sp³-hybridized carbons (Fsp3) is 0.417. The number of nitrogens with one attached hydrogen (secondary N) is 3. The van der Waals surface area contributed by atoms with E-state index in [9.17, 15) is 39.0 Å². The number of ether oxygens (including phenoxy) is 2. The predicted octanol–water partition coefficient (Wildman–Crippen LogP) is -0.542. The van der Waals surface area contributed by atoms with Gasteiger partial charge in [-0.3, -0.25) is 24.0 Å². The number of thiol groups is 1. The third kappa shape index (κ3) is 7.48. The Hall–Kier alpha value is -4.11. The van der Waals surface area contributed by atoms with Crippen LogP contribution in [0.5, 0.6) is 11.5 Å². The number of hydrogen-bond donors (Lipinski definition) is 7. The predicted molar refractivity (Wildman–Crippen MR) is 137 cm³/mol. The highest BCUT2D eigenvalue weighted by Crippen LogP contribution is 2.40. The third-order valence-corrected chi connectivity index (χ3v) is 6.04. The molecule has 1 aliphatic carbocycles. The standard InChI is InChI=1S/C24H29N3O11S/c1-10(28)11-6-16(37-2)20-19(22(11)38-3)15(29)7-13(21(20)33)26-12(24(35)36)4-5-17(30)27-14(9-39)23(34)25-8-18(31)32/h6-7,10,12,14,26,28,39H,4-5,8-9H2,1-3H3,(H,25,34)(H,27,30)(H,31,32)(H,35,36)/t10?,12-,14-/m0/s1. The molecule has 0 aliphatic heterocycles. The van der Waals surface area contributed by atoms with Gasteiger partial charge in [-0.25, -0.2) is 4.79 Å². The zero-order valence-electron chi connectivity index (χ0n) is 21.3. The monoisotopic (exact) mass is 567 g/mol. The number of rotatable bonds is 14. The molecule has 1 aromatic carbocycles. The summed E-state index contributed by atoms with van der Waals surface area (Å²) in [5, 5.41) is 35.3. The lowest BCUT2D eigenvalue weighted by Crippen LogP contribution is -2.49.